The molecule has 1 saturated heterocycles. The van der Waals surface area contributed by atoms with Crippen LogP contribution in [-0.4, -0.2) is 46.1 Å². The molecule has 4 rings (SSSR count). The Morgan fingerprint density at radius 2 is 1.95 bits per heavy atom. The van der Waals surface area contributed by atoms with Crippen molar-refractivity contribution in [3.8, 4) is 0 Å². The average Bonchev–Trinajstić information content (AvgIpc) is 3.02. The number of rotatable bonds is 2. The SMILES string of the molecule is O=C(NC1CCC2OCCOC2C1)c1ccc2nsnc2c1. The minimum Gasteiger partial charge on any atom is -0.373 e. The molecule has 2 heterocycles. The molecule has 6 nitrogen and oxygen atoms in total. The van der Waals surface area contributed by atoms with E-state index < -0.39 is 0 Å². The van der Waals surface area contributed by atoms with Gasteiger partial charge in [0.15, 0.2) is 0 Å². The summed E-state index contributed by atoms with van der Waals surface area (Å²) >= 11 is 1.16. The second kappa shape index (κ2) is 5.91. The number of carbonyl (C=O) groups is 1. The number of ether oxygens (including phenoxy) is 2. The molecule has 1 N–H and O–H groups in total. The monoisotopic (exact) mass is 319 g/mol. The maximum atomic E-state index is 12.4. The number of aromatic nitrogens is 2. The van der Waals surface area contributed by atoms with Crippen molar-refractivity contribution in [2.75, 3.05) is 13.2 Å². The molecular weight excluding hydrogens is 302 g/mol. The molecule has 1 saturated carbocycles. The second-order valence-electron chi connectivity index (χ2n) is 5.77. The summed E-state index contributed by atoms with van der Waals surface area (Å²) in [5.41, 5.74) is 2.23. The number of hydrogen-bond acceptors (Lipinski definition) is 6. The third-order valence-electron chi connectivity index (χ3n) is 4.33. The van der Waals surface area contributed by atoms with Crippen molar-refractivity contribution in [3.63, 3.8) is 0 Å². The minimum atomic E-state index is -0.0601. The van der Waals surface area contributed by atoms with E-state index in [0.717, 1.165) is 42.0 Å². The lowest BCUT2D eigenvalue weighted by Crippen LogP contribution is -2.49. The molecule has 22 heavy (non-hydrogen) atoms. The molecule has 7 heteroatoms. The topological polar surface area (TPSA) is 73.3 Å². The van der Waals surface area contributed by atoms with E-state index in [1.165, 1.54) is 0 Å². The van der Waals surface area contributed by atoms with Crippen LogP contribution >= 0.6 is 11.7 Å². The molecule has 2 aliphatic rings. The van der Waals surface area contributed by atoms with Gasteiger partial charge in [-0.05, 0) is 37.5 Å². The van der Waals surface area contributed by atoms with Gasteiger partial charge in [0.1, 0.15) is 11.0 Å². The van der Waals surface area contributed by atoms with Gasteiger partial charge >= 0.3 is 0 Å². The average molecular weight is 319 g/mol. The highest BCUT2D eigenvalue weighted by molar-refractivity contribution is 7.00. The van der Waals surface area contributed by atoms with Crippen molar-refractivity contribution in [1.29, 1.82) is 0 Å². The summed E-state index contributed by atoms with van der Waals surface area (Å²) in [5.74, 6) is -0.0601. The first-order valence-electron chi connectivity index (χ1n) is 7.56. The van der Waals surface area contributed by atoms with Crippen LogP contribution in [0.3, 0.4) is 0 Å². The zero-order valence-electron chi connectivity index (χ0n) is 12.0. The zero-order chi connectivity index (χ0) is 14.9. The Kier molecular flexibility index (Phi) is 3.77. The maximum absolute atomic E-state index is 12.4. The van der Waals surface area contributed by atoms with E-state index in [4.69, 9.17) is 9.47 Å². The summed E-state index contributed by atoms with van der Waals surface area (Å²) in [4.78, 5) is 12.4. The minimum absolute atomic E-state index is 0.0601. The quantitative estimate of drug-likeness (QED) is 0.913. The third-order valence-corrected chi connectivity index (χ3v) is 4.89. The van der Waals surface area contributed by atoms with Crippen LogP contribution in [-0.2, 0) is 9.47 Å². The number of carbonyl (C=O) groups excluding carboxylic acids is 1. The Hall–Kier alpha value is -1.57. The molecule has 0 spiro atoms. The molecule has 3 atom stereocenters. The van der Waals surface area contributed by atoms with Crippen molar-refractivity contribution in [3.05, 3.63) is 23.8 Å². The van der Waals surface area contributed by atoms with Crippen LogP contribution in [0.15, 0.2) is 18.2 Å². The molecule has 1 amide bonds. The largest absolute Gasteiger partial charge is 0.373 e. The molecule has 0 bridgehead atoms. The fourth-order valence-electron chi connectivity index (χ4n) is 3.19. The molecule has 3 unspecified atom stereocenters. The Labute approximate surface area is 132 Å². The van der Waals surface area contributed by atoms with Gasteiger partial charge in [-0.25, -0.2) is 0 Å². The van der Waals surface area contributed by atoms with E-state index in [-0.39, 0.29) is 24.2 Å². The number of nitrogens with zero attached hydrogens (tertiary/aromatic N) is 2. The molecule has 1 aromatic carbocycles. The van der Waals surface area contributed by atoms with Crippen LogP contribution in [0.5, 0.6) is 0 Å². The van der Waals surface area contributed by atoms with Crippen LogP contribution in [0.1, 0.15) is 29.6 Å². The van der Waals surface area contributed by atoms with Crippen molar-refractivity contribution < 1.29 is 14.3 Å². The van der Waals surface area contributed by atoms with Crippen LogP contribution < -0.4 is 5.32 Å². The highest BCUT2D eigenvalue weighted by Gasteiger charge is 2.34. The van der Waals surface area contributed by atoms with Gasteiger partial charge in [0.2, 0.25) is 0 Å². The summed E-state index contributed by atoms with van der Waals surface area (Å²) < 4.78 is 19.8. The number of nitrogens with one attached hydrogen (secondary N) is 1. The van der Waals surface area contributed by atoms with Gasteiger partial charge in [0.05, 0.1) is 37.1 Å². The van der Waals surface area contributed by atoms with Gasteiger partial charge in [-0.15, -0.1) is 0 Å². The van der Waals surface area contributed by atoms with E-state index in [2.05, 4.69) is 14.1 Å². The summed E-state index contributed by atoms with van der Waals surface area (Å²) in [5, 5.41) is 3.11. The first-order valence-corrected chi connectivity index (χ1v) is 8.29. The summed E-state index contributed by atoms with van der Waals surface area (Å²) in [6, 6.07) is 5.56. The smallest absolute Gasteiger partial charge is 0.251 e. The van der Waals surface area contributed by atoms with Crippen molar-refractivity contribution in [2.24, 2.45) is 0 Å². The predicted octanol–water partition coefficient (Wildman–Crippen LogP) is 1.76. The predicted molar refractivity (Wildman–Crippen MR) is 82.0 cm³/mol. The lowest BCUT2D eigenvalue weighted by atomic mass is 9.89. The fourth-order valence-corrected chi connectivity index (χ4v) is 3.71. The molecule has 1 aliphatic heterocycles. The van der Waals surface area contributed by atoms with E-state index in [1.807, 2.05) is 6.07 Å². The molecule has 116 valence electrons. The summed E-state index contributed by atoms with van der Waals surface area (Å²) in [6.45, 7) is 1.33. The molecule has 0 radical (unpaired) electrons. The van der Waals surface area contributed by atoms with Crippen LogP contribution in [0.4, 0.5) is 0 Å². The highest BCUT2D eigenvalue weighted by Crippen LogP contribution is 2.27. The highest BCUT2D eigenvalue weighted by atomic mass is 32.1. The first kappa shape index (κ1) is 14.0. The lowest BCUT2D eigenvalue weighted by Gasteiger charge is -2.39. The van der Waals surface area contributed by atoms with Crippen molar-refractivity contribution >= 4 is 28.7 Å². The van der Waals surface area contributed by atoms with Gasteiger partial charge in [0.25, 0.3) is 5.91 Å². The molecule has 2 aromatic rings. The lowest BCUT2D eigenvalue weighted by molar-refractivity contribution is -0.157. The normalized spacial score (nSPS) is 28.3. The fraction of sp³-hybridized carbons (Fsp3) is 0.533. The van der Waals surface area contributed by atoms with Gasteiger partial charge in [-0.3, -0.25) is 4.79 Å². The first-order chi connectivity index (χ1) is 10.8. The number of benzene rings is 1. The van der Waals surface area contributed by atoms with E-state index in [9.17, 15) is 4.79 Å². The molecule has 1 aliphatic carbocycles. The van der Waals surface area contributed by atoms with Gasteiger partial charge < -0.3 is 14.8 Å². The van der Waals surface area contributed by atoms with Gasteiger partial charge in [-0.2, -0.15) is 8.75 Å². The Balaban J connectivity index is 1.43. The van der Waals surface area contributed by atoms with E-state index in [1.54, 1.807) is 12.1 Å². The standard InChI is InChI=1S/C15H17N3O3S/c19-15(9-1-3-11-12(7-9)18-22-17-11)16-10-2-4-13-14(8-10)21-6-5-20-13/h1,3,7,10,13-14H,2,4-6,8H2,(H,16,19). The van der Waals surface area contributed by atoms with Crippen molar-refractivity contribution in [1.82, 2.24) is 14.1 Å². The second-order valence-corrected chi connectivity index (χ2v) is 6.30. The number of amides is 1. The van der Waals surface area contributed by atoms with Crippen molar-refractivity contribution in [2.45, 2.75) is 37.5 Å². The Morgan fingerprint density at radius 1 is 1.14 bits per heavy atom. The third kappa shape index (κ3) is 2.71. The molecule has 2 fully saturated rings. The Bertz CT molecular complexity index is 689. The summed E-state index contributed by atoms with van der Waals surface area (Å²) in [6.07, 6.45) is 2.98. The van der Waals surface area contributed by atoms with E-state index >= 15 is 0 Å². The van der Waals surface area contributed by atoms with Crippen LogP contribution in [0.2, 0.25) is 0 Å². The molecular formula is C15H17N3O3S. The number of hydrogen-bond donors (Lipinski definition) is 1. The summed E-state index contributed by atoms with van der Waals surface area (Å²) in [7, 11) is 0. The van der Waals surface area contributed by atoms with Crippen LogP contribution in [0, 0.1) is 0 Å². The van der Waals surface area contributed by atoms with Gasteiger partial charge in [0, 0.05) is 11.6 Å². The number of fused-ring (bicyclic) bond motifs is 2. The maximum Gasteiger partial charge on any atom is 0.251 e. The Morgan fingerprint density at radius 3 is 2.86 bits per heavy atom. The van der Waals surface area contributed by atoms with Gasteiger partial charge in [-0.1, -0.05) is 0 Å². The van der Waals surface area contributed by atoms with E-state index in [0.29, 0.717) is 18.8 Å². The molecule has 1 aromatic heterocycles. The zero-order valence-corrected chi connectivity index (χ0v) is 12.8. The van der Waals surface area contributed by atoms with Crippen LogP contribution in [0.25, 0.3) is 11.0 Å².